The van der Waals surface area contributed by atoms with Crippen molar-refractivity contribution in [2.75, 3.05) is 13.2 Å². The van der Waals surface area contributed by atoms with E-state index in [0.29, 0.717) is 19.4 Å². The predicted octanol–water partition coefficient (Wildman–Crippen LogP) is 27.9. The van der Waals surface area contributed by atoms with E-state index < -0.39 is 12.1 Å². The van der Waals surface area contributed by atoms with Crippen LogP contribution in [0.5, 0.6) is 0 Å². The molecule has 6 heteroatoms. The lowest BCUT2D eigenvalue weighted by Gasteiger charge is -2.20. The fraction of sp³-hybridized carbons (Fsp3) is 0.884. The Morgan fingerprint density at radius 1 is 0.304 bits per heavy atom. The van der Waals surface area contributed by atoms with E-state index in [1.54, 1.807) is 6.08 Å². The fourth-order valence-corrected chi connectivity index (χ4v) is 13.2. The third kappa shape index (κ3) is 76.8. The second-order valence-electron chi connectivity index (χ2n) is 28.8. The number of carbonyl (C=O) groups is 2. The molecule has 0 spiro atoms. The Morgan fingerprint density at radius 3 is 0.859 bits per heavy atom. The van der Waals surface area contributed by atoms with Gasteiger partial charge in [0.15, 0.2) is 0 Å². The summed E-state index contributed by atoms with van der Waals surface area (Å²) in [5.41, 5.74) is 0. The number of hydrogen-bond donors (Lipinski definition) is 3. The molecule has 0 aromatic rings. The second-order valence-corrected chi connectivity index (χ2v) is 28.8. The molecule has 0 radical (unpaired) electrons. The normalized spacial score (nSPS) is 12.7. The Morgan fingerprint density at radius 2 is 0.543 bits per heavy atom. The van der Waals surface area contributed by atoms with Gasteiger partial charge in [-0.25, -0.2) is 0 Å². The number of hydrogen-bond acceptors (Lipinski definition) is 5. The van der Waals surface area contributed by atoms with Gasteiger partial charge in [0.1, 0.15) is 0 Å². The van der Waals surface area contributed by atoms with Gasteiger partial charge in [0.2, 0.25) is 5.91 Å². The Labute approximate surface area is 576 Å². The van der Waals surface area contributed by atoms with Gasteiger partial charge in [0.05, 0.1) is 25.4 Å². The van der Waals surface area contributed by atoms with Gasteiger partial charge in [0, 0.05) is 12.8 Å². The van der Waals surface area contributed by atoms with E-state index in [-0.39, 0.29) is 18.5 Å². The van der Waals surface area contributed by atoms with Crippen LogP contribution in [0.15, 0.2) is 48.6 Å². The van der Waals surface area contributed by atoms with E-state index in [2.05, 4.69) is 55.6 Å². The first-order valence-electron chi connectivity index (χ1n) is 41.9. The lowest BCUT2D eigenvalue weighted by molar-refractivity contribution is -0.143. The van der Waals surface area contributed by atoms with Gasteiger partial charge in [-0.1, -0.05) is 409 Å². The van der Waals surface area contributed by atoms with Crippen LogP contribution in [0.1, 0.15) is 463 Å². The van der Waals surface area contributed by atoms with Gasteiger partial charge < -0.3 is 20.3 Å². The number of nitrogens with one attached hydrogen (secondary N) is 1. The van der Waals surface area contributed by atoms with Crippen molar-refractivity contribution in [2.45, 2.75) is 475 Å². The van der Waals surface area contributed by atoms with E-state index in [0.717, 1.165) is 51.4 Å². The van der Waals surface area contributed by atoms with Crippen molar-refractivity contribution in [1.82, 2.24) is 5.32 Å². The minimum absolute atomic E-state index is 0.0181. The van der Waals surface area contributed by atoms with Crippen LogP contribution in [0, 0.1) is 0 Å². The SMILES string of the molecule is CCCCC/C=C\C/C=C\CCCCCCCCCCCC(=O)OCCCCCCCCCCCCCCCCCC/C=C\CCCCCCCCCCCCCCCCCCCC(=O)NC(CO)C(O)/C=C/CCCCCCCCCCCCCCCCCCC. The molecule has 1 amide bonds. The summed E-state index contributed by atoms with van der Waals surface area (Å²) >= 11 is 0. The molecule has 0 fully saturated rings. The van der Waals surface area contributed by atoms with Gasteiger partial charge in [-0.2, -0.15) is 0 Å². The van der Waals surface area contributed by atoms with Crippen LogP contribution in [0.2, 0.25) is 0 Å². The standard InChI is InChI=1S/C86H163NO5/c1-3-5-7-9-11-13-15-17-19-21-42-46-50-54-58-62-66-70-74-78-84(89)83(82-88)87-85(90)79-75-71-67-63-59-55-51-47-44-40-38-36-34-32-30-28-26-24-23-25-27-29-31-33-35-37-39-41-45-49-53-57-61-65-69-73-77-81-92-86(91)80-76-72-68-64-60-56-52-48-43-22-20-18-16-14-12-10-8-6-4-2/h12,14,18,20,23,25,74,78,83-84,88-89H,3-11,13,15-17,19,21-22,24,26-73,75-77,79-82H2,1-2H3,(H,87,90)/b14-12-,20-18-,25-23-,78-74+. The van der Waals surface area contributed by atoms with Gasteiger partial charge in [-0.05, 0) is 89.9 Å². The smallest absolute Gasteiger partial charge is 0.305 e. The largest absolute Gasteiger partial charge is 0.466 e. The molecule has 0 bridgehead atoms. The van der Waals surface area contributed by atoms with Crippen LogP contribution in [0.25, 0.3) is 0 Å². The number of esters is 1. The van der Waals surface area contributed by atoms with Crippen LogP contribution >= 0.6 is 0 Å². The number of unbranched alkanes of at least 4 members (excludes halogenated alkanes) is 62. The number of allylic oxidation sites excluding steroid dienone is 7. The molecule has 542 valence electrons. The first-order valence-corrected chi connectivity index (χ1v) is 41.9. The summed E-state index contributed by atoms with van der Waals surface area (Å²) in [7, 11) is 0. The molecule has 0 saturated carbocycles. The van der Waals surface area contributed by atoms with Crippen molar-refractivity contribution in [3.8, 4) is 0 Å². The van der Waals surface area contributed by atoms with Crippen molar-refractivity contribution in [3.63, 3.8) is 0 Å². The van der Waals surface area contributed by atoms with Crippen LogP contribution in [0.3, 0.4) is 0 Å². The molecule has 2 atom stereocenters. The Hall–Kier alpha value is -2.18. The van der Waals surface area contributed by atoms with Crippen LogP contribution in [-0.4, -0.2) is 47.4 Å². The molecular weight excluding hydrogens is 1130 g/mol. The number of aliphatic hydroxyl groups is 2. The average Bonchev–Trinajstić information content (AvgIpc) is 3.61. The van der Waals surface area contributed by atoms with E-state index in [1.807, 2.05) is 6.08 Å². The van der Waals surface area contributed by atoms with Crippen molar-refractivity contribution in [3.05, 3.63) is 48.6 Å². The Bertz CT molecular complexity index is 1540. The highest BCUT2D eigenvalue weighted by molar-refractivity contribution is 5.76. The average molecular weight is 1290 g/mol. The van der Waals surface area contributed by atoms with E-state index >= 15 is 0 Å². The zero-order chi connectivity index (χ0) is 66.3. The summed E-state index contributed by atoms with van der Waals surface area (Å²) in [6.45, 7) is 4.93. The van der Waals surface area contributed by atoms with Crippen LogP contribution in [-0.2, 0) is 14.3 Å². The Kier molecular flexibility index (Phi) is 79.3. The second kappa shape index (κ2) is 81.2. The molecule has 6 nitrogen and oxygen atoms in total. The molecule has 92 heavy (non-hydrogen) atoms. The maximum absolute atomic E-state index is 12.5. The topological polar surface area (TPSA) is 95.9 Å². The number of carbonyl (C=O) groups excluding carboxylic acids is 2. The van der Waals surface area contributed by atoms with Crippen molar-refractivity contribution in [2.24, 2.45) is 0 Å². The van der Waals surface area contributed by atoms with E-state index in [4.69, 9.17) is 4.74 Å². The lowest BCUT2D eigenvalue weighted by Crippen LogP contribution is -2.45. The fourth-order valence-electron chi connectivity index (χ4n) is 13.2. The highest BCUT2D eigenvalue weighted by Gasteiger charge is 2.18. The number of aliphatic hydroxyl groups excluding tert-OH is 2. The number of ether oxygens (including phenoxy) is 1. The zero-order valence-electron chi connectivity index (χ0n) is 62.3. The molecule has 0 aromatic heterocycles. The maximum Gasteiger partial charge on any atom is 0.305 e. The maximum atomic E-state index is 12.5. The van der Waals surface area contributed by atoms with E-state index in [9.17, 15) is 19.8 Å². The molecule has 0 saturated heterocycles. The highest BCUT2D eigenvalue weighted by Crippen LogP contribution is 2.20. The molecule has 0 aromatic carbocycles. The minimum atomic E-state index is -0.843. The molecular formula is C86H163NO5. The zero-order valence-corrected chi connectivity index (χ0v) is 62.3. The molecule has 0 aliphatic carbocycles. The summed E-state index contributed by atoms with van der Waals surface area (Å²) < 4.78 is 5.52. The monoisotopic (exact) mass is 1290 g/mol. The molecule has 0 aliphatic rings. The summed E-state index contributed by atoms with van der Waals surface area (Å²) in [5, 5.41) is 23.3. The molecule has 0 rings (SSSR count). The summed E-state index contributed by atoms with van der Waals surface area (Å²) in [6.07, 6.45) is 108. The highest BCUT2D eigenvalue weighted by atomic mass is 16.5. The van der Waals surface area contributed by atoms with Gasteiger partial charge in [-0.3, -0.25) is 9.59 Å². The third-order valence-electron chi connectivity index (χ3n) is 19.6. The van der Waals surface area contributed by atoms with Gasteiger partial charge in [-0.15, -0.1) is 0 Å². The van der Waals surface area contributed by atoms with Crippen molar-refractivity contribution >= 4 is 11.9 Å². The molecule has 0 heterocycles. The Balaban J connectivity index is 3.34. The summed E-state index contributed by atoms with van der Waals surface area (Å²) in [5.74, 6) is -0.0419. The van der Waals surface area contributed by atoms with E-state index in [1.165, 1.54) is 385 Å². The van der Waals surface area contributed by atoms with Crippen molar-refractivity contribution < 1.29 is 24.5 Å². The summed E-state index contributed by atoms with van der Waals surface area (Å²) in [4.78, 5) is 24.7. The quantitative estimate of drug-likeness (QED) is 0.0320. The minimum Gasteiger partial charge on any atom is -0.466 e. The number of rotatable bonds is 79. The van der Waals surface area contributed by atoms with Gasteiger partial charge in [0.25, 0.3) is 0 Å². The molecule has 2 unspecified atom stereocenters. The third-order valence-corrected chi connectivity index (χ3v) is 19.6. The van der Waals surface area contributed by atoms with Gasteiger partial charge >= 0.3 is 5.97 Å². The van der Waals surface area contributed by atoms with Crippen LogP contribution < -0.4 is 5.32 Å². The first-order chi connectivity index (χ1) is 45.5. The van der Waals surface area contributed by atoms with Crippen LogP contribution in [0.4, 0.5) is 0 Å². The first kappa shape index (κ1) is 89.8. The molecule has 0 aliphatic heterocycles. The summed E-state index contributed by atoms with van der Waals surface area (Å²) in [6, 6.07) is -0.626. The lowest BCUT2D eigenvalue weighted by atomic mass is 10.0. The molecule has 3 N–H and O–H groups in total. The predicted molar refractivity (Wildman–Crippen MR) is 407 cm³/mol. The number of amides is 1. The van der Waals surface area contributed by atoms with Crippen molar-refractivity contribution in [1.29, 1.82) is 0 Å².